The molecule has 0 unspecified atom stereocenters. The van der Waals surface area contributed by atoms with Crippen molar-refractivity contribution in [2.75, 3.05) is 0 Å². The quantitative estimate of drug-likeness (QED) is 0.403. The van der Waals surface area contributed by atoms with Crippen molar-refractivity contribution in [1.29, 1.82) is 0 Å². The molecule has 0 aliphatic rings. The molecular weight excluding hydrogens is 457 g/mol. The molecule has 0 atom stereocenters. The van der Waals surface area contributed by atoms with Crippen LogP contribution in [0.4, 0.5) is 0 Å². The summed E-state index contributed by atoms with van der Waals surface area (Å²) in [7, 11) is 0. The van der Waals surface area contributed by atoms with E-state index in [2.05, 4.69) is 0 Å². The van der Waals surface area contributed by atoms with Crippen molar-refractivity contribution >= 4 is 23.9 Å². The van der Waals surface area contributed by atoms with Gasteiger partial charge in [0.1, 0.15) is 0 Å². The van der Waals surface area contributed by atoms with Gasteiger partial charge in [-0.2, -0.15) is 0 Å². The van der Waals surface area contributed by atoms with E-state index in [4.69, 9.17) is 0 Å². The molecule has 0 spiro atoms. The molecule has 0 fully saturated rings. The molecule has 9 heavy (non-hydrogen) atoms. The first-order valence-electron chi connectivity index (χ1n) is 0. The van der Waals surface area contributed by atoms with Gasteiger partial charge in [0.2, 0.25) is 0 Å². The van der Waals surface area contributed by atoms with Crippen LogP contribution in [0.15, 0.2) is 0 Å². The van der Waals surface area contributed by atoms with Gasteiger partial charge in [-0.1, -0.05) is 0 Å². The first-order valence-corrected chi connectivity index (χ1v) is 0. The summed E-state index contributed by atoms with van der Waals surface area (Å²) in [6.07, 6.45) is 0. The van der Waals surface area contributed by atoms with E-state index in [1.807, 2.05) is 0 Å². The van der Waals surface area contributed by atoms with Crippen molar-refractivity contribution in [3.63, 3.8) is 0 Å². The molecule has 0 saturated carbocycles. The topological polar surface area (TPSA) is 171 Å². The molecule has 0 N–H and O–H groups in total. The van der Waals surface area contributed by atoms with Gasteiger partial charge < -0.3 is 32.9 Å². The smallest absolute Gasteiger partial charge is 2.00 e. The molecule has 0 aromatic rings. The van der Waals surface area contributed by atoms with Gasteiger partial charge in [-0.25, -0.2) is 0 Å². The van der Waals surface area contributed by atoms with Crippen LogP contribution in [0.1, 0.15) is 0 Å². The maximum Gasteiger partial charge on any atom is 4.00 e. The van der Waals surface area contributed by atoms with Gasteiger partial charge in [0, 0.05) is 21.1 Å². The summed E-state index contributed by atoms with van der Waals surface area (Å²) in [4.78, 5) is 0. The fourth-order valence-corrected chi connectivity index (χ4v) is 0. The van der Waals surface area contributed by atoms with Gasteiger partial charge in [-0.3, -0.25) is 0 Å². The molecule has 0 bridgehead atoms. The van der Waals surface area contributed by atoms with Crippen LogP contribution in [0.3, 0.4) is 0 Å². The predicted molar refractivity (Wildman–Crippen MR) is 9.87 cm³/mol. The van der Waals surface area contributed by atoms with Crippen LogP contribution < -0.4 is 0 Å². The Bertz CT molecular complexity index is 13.0. The number of hydrogen-bond acceptors (Lipinski definition) is 0. The van der Waals surface area contributed by atoms with Crippen molar-refractivity contribution < 1.29 is 70.4 Å². The molecule has 0 aliphatic heterocycles. The van der Waals surface area contributed by atoms with Crippen LogP contribution in [0, 0.1) is 0 Å². The van der Waals surface area contributed by atoms with Crippen LogP contribution >= 0.6 is 0 Å². The number of hydrogen-bond donors (Lipinski definition) is 0. The summed E-state index contributed by atoms with van der Waals surface area (Å²) in [6.45, 7) is 0. The molecule has 6 nitrogen and oxygen atoms in total. The predicted octanol–water partition coefficient (Wildman–Crippen LogP) is -1.10. The summed E-state index contributed by atoms with van der Waals surface area (Å²) in [5.41, 5.74) is 0. The van der Waals surface area contributed by atoms with Crippen molar-refractivity contribution in [3.05, 3.63) is 0 Å². The Balaban J connectivity index is 0. The Hall–Kier alpha value is 1.74. The average Bonchev–Trinajstić information content (AvgIpc) is 0. The fourth-order valence-electron chi connectivity index (χ4n) is 0. The molecule has 0 aromatic heterocycles. The zero-order chi connectivity index (χ0) is 0. The maximum atomic E-state index is 0. The Labute approximate surface area is 93.8 Å². The van der Waals surface area contributed by atoms with Crippen LogP contribution in [0.2, 0.25) is 0 Å². The molecular formula is NiO6SnW-6. The second kappa shape index (κ2) is 246. The van der Waals surface area contributed by atoms with Gasteiger partial charge in [0.25, 0.3) is 0 Å². The van der Waals surface area contributed by atoms with Crippen LogP contribution in [-0.2, 0) is 70.4 Å². The van der Waals surface area contributed by atoms with Crippen LogP contribution in [-0.4, -0.2) is 23.9 Å². The Morgan fingerprint density at radius 1 is 0.444 bits per heavy atom. The van der Waals surface area contributed by atoms with Gasteiger partial charge >= 0.3 is 40.4 Å². The summed E-state index contributed by atoms with van der Waals surface area (Å²) in [5.74, 6) is 0. The maximum absolute atomic E-state index is 0. The summed E-state index contributed by atoms with van der Waals surface area (Å²) < 4.78 is 0. The van der Waals surface area contributed by atoms with Gasteiger partial charge in [-0.15, -0.1) is 0 Å². The Kier molecular flexibility index (Phi) is 9180. The normalized spacial score (nSPS) is 0. The third-order valence-electron chi connectivity index (χ3n) is 0. The zero-order valence-corrected chi connectivity index (χ0v) is 10.4. The first-order chi connectivity index (χ1) is 0. The minimum absolute atomic E-state index is 0. The minimum Gasteiger partial charge on any atom is -2.00 e. The number of rotatable bonds is 0. The van der Waals surface area contributed by atoms with E-state index < -0.39 is 0 Å². The fraction of sp³-hybridized carbons (Fsp3) is 0. The summed E-state index contributed by atoms with van der Waals surface area (Å²) >= 11 is 0. The van der Waals surface area contributed by atoms with E-state index >= 15 is 0 Å². The molecule has 62 valence electrons. The molecule has 0 aromatic carbocycles. The summed E-state index contributed by atoms with van der Waals surface area (Å²) in [5, 5.41) is 0. The first kappa shape index (κ1) is 336. The third kappa shape index (κ3) is 193. The summed E-state index contributed by atoms with van der Waals surface area (Å²) in [6, 6.07) is 0. The minimum atomic E-state index is 0. The van der Waals surface area contributed by atoms with Gasteiger partial charge in [-0.05, 0) is 0 Å². The molecule has 0 rings (SSSR count). The van der Waals surface area contributed by atoms with Crippen molar-refractivity contribution in [2.24, 2.45) is 0 Å². The van der Waals surface area contributed by atoms with Crippen LogP contribution in [0.5, 0.6) is 0 Å². The molecule has 0 heterocycles. The third-order valence-corrected chi connectivity index (χ3v) is 0. The van der Waals surface area contributed by atoms with Crippen molar-refractivity contribution in [3.8, 4) is 0 Å². The largest absolute Gasteiger partial charge is 4.00 e. The molecule has 0 amide bonds. The second-order valence-corrected chi connectivity index (χ2v) is 0. The Morgan fingerprint density at radius 3 is 0.444 bits per heavy atom. The molecule has 9 heteroatoms. The van der Waals surface area contributed by atoms with Crippen molar-refractivity contribution in [2.45, 2.75) is 0 Å². The van der Waals surface area contributed by atoms with E-state index in [0.29, 0.717) is 0 Å². The SMILES string of the molecule is [Ni+2].[O-2].[O-2].[O-2].[O-2].[O-2].[O-2].[Sn+4].[W]. The monoisotopic (exact) mass is 458 g/mol. The van der Waals surface area contributed by atoms with E-state index in [-0.39, 0.29) is 94.3 Å². The second-order valence-electron chi connectivity index (χ2n) is 0. The molecule has 0 aliphatic carbocycles. The molecule has 0 saturated heterocycles. The Morgan fingerprint density at radius 2 is 0.444 bits per heavy atom. The van der Waals surface area contributed by atoms with E-state index in [1.54, 1.807) is 0 Å². The zero-order valence-electron chi connectivity index (χ0n) is 3.67. The van der Waals surface area contributed by atoms with E-state index in [0.717, 1.165) is 0 Å². The molecule has 0 radical (unpaired) electrons. The van der Waals surface area contributed by atoms with Crippen LogP contribution in [0.25, 0.3) is 0 Å². The van der Waals surface area contributed by atoms with E-state index in [9.17, 15) is 0 Å². The average molecular weight is 457 g/mol. The van der Waals surface area contributed by atoms with Gasteiger partial charge in [0.05, 0.1) is 0 Å². The standard InChI is InChI=1S/Ni.6O.Sn.W/q+2;6*-2;+4;. The van der Waals surface area contributed by atoms with Gasteiger partial charge in [0.15, 0.2) is 0 Å². The van der Waals surface area contributed by atoms with E-state index in [1.165, 1.54) is 0 Å². The van der Waals surface area contributed by atoms with Crippen molar-refractivity contribution in [1.82, 2.24) is 0 Å².